The summed E-state index contributed by atoms with van der Waals surface area (Å²) in [4.78, 5) is 0. The van der Waals surface area contributed by atoms with E-state index in [4.69, 9.17) is 21.1 Å². The van der Waals surface area contributed by atoms with E-state index in [2.05, 4.69) is 0 Å². The molecule has 0 saturated carbocycles. The molecule has 0 rings (SSSR count). The number of nitrogens with two attached hydrogens (primary N) is 1. The van der Waals surface area contributed by atoms with Crippen molar-refractivity contribution >= 4 is 0 Å². The Bertz CT molecular complexity index is 76.6. The topological polar surface area (TPSA) is 86.7 Å². The molecule has 0 aliphatic carbocycles. The molecule has 0 fully saturated rings. The monoisotopic (exact) mass is 135 g/mol. The summed E-state index contributed by atoms with van der Waals surface area (Å²) in [5.74, 6) is 0. The molecule has 0 aromatic carbocycles. The summed E-state index contributed by atoms with van der Waals surface area (Å²) in [6.07, 6.45) is -1.91. The summed E-state index contributed by atoms with van der Waals surface area (Å²) >= 11 is 0. The lowest BCUT2D eigenvalue weighted by Gasteiger charge is -2.18. The predicted octanol–water partition coefficient (Wildman–Crippen LogP) is -1.95. The van der Waals surface area contributed by atoms with Gasteiger partial charge in [-0.3, -0.25) is 0 Å². The molecule has 0 radical (unpaired) electrons. The third-order valence-electron chi connectivity index (χ3n) is 1.14. The van der Waals surface area contributed by atoms with Crippen LogP contribution in [0.1, 0.15) is 6.92 Å². The van der Waals surface area contributed by atoms with E-state index in [0.717, 1.165) is 0 Å². The molecule has 4 heteroatoms. The molecule has 1 unspecified atom stereocenters. The average molecular weight is 135 g/mol. The van der Waals surface area contributed by atoms with Gasteiger partial charge in [-0.05, 0) is 6.92 Å². The lowest BCUT2D eigenvalue weighted by molar-refractivity contribution is 0.00296. The van der Waals surface area contributed by atoms with E-state index in [1.54, 1.807) is 0 Å². The van der Waals surface area contributed by atoms with Crippen molar-refractivity contribution in [1.29, 1.82) is 0 Å². The van der Waals surface area contributed by atoms with Crippen LogP contribution in [0.5, 0.6) is 0 Å². The van der Waals surface area contributed by atoms with Crippen LogP contribution in [-0.2, 0) is 0 Å². The number of aliphatic hydroxyl groups is 3. The smallest absolute Gasteiger partial charge is 0.0969 e. The van der Waals surface area contributed by atoms with Crippen molar-refractivity contribution in [2.75, 3.05) is 6.61 Å². The highest BCUT2D eigenvalue weighted by Crippen LogP contribution is 1.94. The summed E-state index contributed by atoms with van der Waals surface area (Å²) in [6.45, 7) is 1.10. The Kier molecular flexibility index (Phi) is 3.72. The van der Waals surface area contributed by atoms with E-state index >= 15 is 0 Å². The van der Waals surface area contributed by atoms with Gasteiger partial charge in [0.05, 0.1) is 24.9 Å². The van der Waals surface area contributed by atoms with Crippen LogP contribution in [0.3, 0.4) is 0 Å². The molecule has 56 valence electrons. The Balaban J connectivity index is 3.58. The highest BCUT2D eigenvalue weighted by atomic mass is 16.3. The largest absolute Gasteiger partial charge is 0.395 e. The average Bonchev–Trinajstić information content (AvgIpc) is 1.84. The summed E-state index contributed by atoms with van der Waals surface area (Å²) in [7, 11) is 0. The molecule has 0 aromatic heterocycles. The predicted molar refractivity (Wildman–Crippen MR) is 32.7 cm³/mol. The van der Waals surface area contributed by atoms with Gasteiger partial charge in [0.2, 0.25) is 0 Å². The van der Waals surface area contributed by atoms with E-state index in [0.29, 0.717) is 0 Å². The van der Waals surface area contributed by atoms with Crippen molar-refractivity contribution < 1.29 is 15.3 Å². The van der Waals surface area contributed by atoms with Crippen LogP contribution in [0.25, 0.3) is 0 Å². The van der Waals surface area contributed by atoms with Gasteiger partial charge in [-0.25, -0.2) is 0 Å². The van der Waals surface area contributed by atoms with Gasteiger partial charge in [-0.2, -0.15) is 0 Å². The molecule has 4 nitrogen and oxygen atoms in total. The van der Waals surface area contributed by atoms with Crippen LogP contribution in [0.2, 0.25) is 0 Å². The second-order valence-electron chi connectivity index (χ2n) is 2.08. The van der Waals surface area contributed by atoms with Gasteiger partial charge in [-0.1, -0.05) is 0 Å². The quantitative estimate of drug-likeness (QED) is 0.362. The van der Waals surface area contributed by atoms with Crippen molar-refractivity contribution in [3.05, 3.63) is 0 Å². The molecule has 9 heavy (non-hydrogen) atoms. The van der Waals surface area contributed by atoms with E-state index < -0.39 is 18.2 Å². The first-order chi connectivity index (χ1) is 4.09. The van der Waals surface area contributed by atoms with Gasteiger partial charge in [0, 0.05) is 0 Å². The van der Waals surface area contributed by atoms with Gasteiger partial charge in [0.25, 0.3) is 0 Å². The molecule has 0 heterocycles. The fourth-order valence-electron chi connectivity index (χ4n) is 0.466. The van der Waals surface area contributed by atoms with Crippen LogP contribution >= 0.6 is 0 Å². The Morgan fingerprint density at radius 1 is 1.44 bits per heavy atom. The minimum Gasteiger partial charge on any atom is -0.395 e. The molecule has 5 N–H and O–H groups in total. The standard InChI is InChI=1S/C5H13NO3/c1-3(8)5(9)4(6)2-7/h3-5,7-9H,2,6H2,1H3/t3-,4+,5?/m1/s1. The Morgan fingerprint density at radius 2 is 1.89 bits per heavy atom. The summed E-state index contributed by atoms with van der Waals surface area (Å²) < 4.78 is 0. The molecule has 0 aliphatic rings. The van der Waals surface area contributed by atoms with Gasteiger partial charge in [0.1, 0.15) is 0 Å². The fraction of sp³-hybridized carbons (Fsp3) is 1.00. The zero-order chi connectivity index (χ0) is 7.44. The van der Waals surface area contributed by atoms with Crippen LogP contribution < -0.4 is 5.73 Å². The Hall–Kier alpha value is -0.160. The molecular formula is C5H13NO3. The second-order valence-corrected chi connectivity index (χ2v) is 2.08. The molecule has 0 aromatic rings. The normalized spacial score (nSPS) is 21.0. The van der Waals surface area contributed by atoms with E-state index in [9.17, 15) is 0 Å². The summed E-state index contributed by atoms with van der Waals surface area (Å²) in [5.41, 5.74) is 5.16. The highest BCUT2D eigenvalue weighted by molar-refractivity contribution is 4.74. The lowest BCUT2D eigenvalue weighted by atomic mass is 10.1. The second kappa shape index (κ2) is 3.79. The fourth-order valence-corrected chi connectivity index (χ4v) is 0.466. The number of hydrogen-bond donors (Lipinski definition) is 4. The molecular weight excluding hydrogens is 122 g/mol. The van der Waals surface area contributed by atoms with Gasteiger partial charge in [-0.15, -0.1) is 0 Å². The molecule has 0 amide bonds. The van der Waals surface area contributed by atoms with Crippen LogP contribution in [-0.4, -0.2) is 40.2 Å². The first-order valence-corrected chi connectivity index (χ1v) is 2.82. The van der Waals surface area contributed by atoms with Crippen molar-refractivity contribution in [3.63, 3.8) is 0 Å². The highest BCUT2D eigenvalue weighted by Gasteiger charge is 2.18. The minimum absolute atomic E-state index is 0.313. The third-order valence-corrected chi connectivity index (χ3v) is 1.14. The molecule has 0 saturated heterocycles. The molecule has 0 aliphatic heterocycles. The number of aliphatic hydroxyl groups excluding tert-OH is 3. The Morgan fingerprint density at radius 3 is 2.00 bits per heavy atom. The first kappa shape index (κ1) is 8.84. The van der Waals surface area contributed by atoms with Crippen molar-refractivity contribution in [3.8, 4) is 0 Å². The maximum absolute atomic E-state index is 8.86. The van der Waals surface area contributed by atoms with Crippen molar-refractivity contribution in [1.82, 2.24) is 0 Å². The molecule has 3 atom stereocenters. The van der Waals surface area contributed by atoms with Gasteiger partial charge >= 0.3 is 0 Å². The zero-order valence-electron chi connectivity index (χ0n) is 5.36. The number of hydrogen-bond acceptors (Lipinski definition) is 4. The SMILES string of the molecule is C[C@@H](O)C(O)[C@@H](N)CO. The van der Waals surface area contributed by atoms with E-state index in [1.165, 1.54) is 6.92 Å². The maximum atomic E-state index is 8.86. The van der Waals surface area contributed by atoms with Crippen molar-refractivity contribution in [2.24, 2.45) is 5.73 Å². The van der Waals surface area contributed by atoms with Crippen LogP contribution in [0.15, 0.2) is 0 Å². The summed E-state index contributed by atoms with van der Waals surface area (Å²) in [6, 6.07) is -0.745. The Labute approximate surface area is 53.9 Å². The lowest BCUT2D eigenvalue weighted by Crippen LogP contribution is -2.44. The maximum Gasteiger partial charge on any atom is 0.0969 e. The first-order valence-electron chi connectivity index (χ1n) is 2.82. The molecule has 0 bridgehead atoms. The van der Waals surface area contributed by atoms with Crippen LogP contribution in [0, 0.1) is 0 Å². The van der Waals surface area contributed by atoms with E-state index in [1.807, 2.05) is 0 Å². The van der Waals surface area contributed by atoms with Crippen molar-refractivity contribution in [2.45, 2.75) is 25.2 Å². The number of rotatable bonds is 3. The van der Waals surface area contributed by atoms with E-state index in [-0.39, 0.29) is 6.61 Å². The zero-order valence-corrected chi connectivity index (χ0v) is 5.36. The minimum atomic E-state index is -1.03. The molecule has 0 spiro atoms. The van der Waals surface area contributed by atoms with Crippen LogP contribution in [0.4, 0.5) is 0 Å². The third kappa shape index (κ3) is 2.76. The summed E-state index contributed by atoms with van der Waals surface area (Å²) in [5, 5.41) is 25.9. The van der Waals surface area contributed by atoms with Gasteiger partial charge in [0.15, 0.2) is 0 Å². The van der Waals surface area contributed by atoms with Gasteiger partial charge < -0.3 is 21.1 Å².